The standard InChI is InChI=1S/C14H16F4O2/c1-13(5-2-6-14(16,17)18)8-11(19)10-7-9(15)3-4-12(10)20-13/h3-4,7,11,19H,2,5-6,8H2,1H3/t11-,13?/m0/s1. The van der Waals surface area contributed by atoms with Gasteiger partial charge in [-0.05, 0) is 38.0 Å². The quantitative estimate of drug-likeness (QED) is 0.849. The third-order valence-corrected chi connectivity index (χ3v) is 3.48. The van der Waals surface area contributed by atoms with Crippen LogP contribution in [0.4, 0.5) is 17.6 Å². The van der Waals surface area contributed by atoms with Gasteiger partial charge in [0.1, 0.15) is 17.2 Å². The molecule has 1 N–H and O–H groups in total. The fourth-order valence-corrected chi connectivity index (χ4v) is 2.51. The Kier molecular flexibility index (Phi) is 3.95. The van der Waals surface area contributed by atoms with Gasteiger partial charge >= 0.3 is 6.18 Å². The minimum atomic E-state index is -4.19. The lowest BCUT2D eigenvalue weighted by molar-refractivity contribution is -0.138. The minimum Gasteiger partial charge on any atom is -0.487 e. The van der Waals surface area contributed by atoms with Crippen molar-refractivity contribution in [2.45, 2.75) is 50.5 Å². The van der Waals surface area contributed by atoms with Crippen molar-refractivity contribution in [2.24, 2.45) is 0 Å². The highest BCUT2D eigenvalue weighted by molar-refractivity contribution is 5.38. The molecule has 0 amide bonds. The zero-order chi connectivity index (χ0) is 15.0. The SMILES string of the molecule is CC1(CCCC(F)(F)F)C[C@H](O)c2cc(F)ccc2O1. The number of aliphatic hydroxyl groups excluding tert-OH is 1. The molecule has 1 heterocycles. The Morgan fingerprint density at radius 2 is 2.10 bits per heavy atom. The first-order chi connectivity index (χ1) is 9.19. The number of rotatable bonds is 3. The first-order valence-corrected chi connectivity index (χ1v) is 6.42. The highest BCUT2D eigenvalue weighted by Gasteiger charge is 2.37. The molecular weight excluding hydrogens is 276 g/mol. The van der Waals surface area contributed by atoms with Crippen LogP contribution < -0.4 is 4.74 Å². The lowest BCUT2D eigenvalue weighted by Gasteiger charge is -2.38. The van der Waals surface area contributed by atoms with Gasteiger partial charge in [0.25, 0.3) is 0 Å². The van der Waals surface area contributed by atoms with Gasteiger partial charge in [-0.2, -0.15) is 13.2 Å². The Balaban J connectivity index is 2.06. The Labute approximate surface area is 114 Å². The van der Waals surface area contributed by atoms with E-state index in [1.54, 1.807) is 6.92 Å². The smallest absolute Gasteiger partial charge is 0.389 e. The zero-order valence-corrected chi connectivity index (χ0v) is 11.0. The maximum atomic E-state index is 13.1. The maximum Gasteiger partial charge on any atom is 0.389 e. The van der Waals surface area contributed by atoms with E-state index in [0.29, 0.717) is 11.3 Å². The van der Waals surface area contributed by atoms with Crippen LogP contribution in [0.3, 0.4) is 0 Å². The van der Waals surface area contributed by atoms with E-state index >= 15 is 0 Å². The van der Waals surface area contributed by atoms with Gasteiger partial charge in [-0.25, -0.2) is 4.39 Å². The van der Waals surface area contributed by atoms with Crippen LogP contribution in [-0.2, 0) is 0 Å². The van der Waals surface area contributed by atoms with E-state index < -0.39 is 30.1 Å². The molecule has 1 aliphatic heterocycles. The summed E-state index contributed by atoms with van der Waals surface area (Å²) in [4.78, 5) is 0. The molecule has 1 unspecified atom stereocenters. The van der Waals surface area contributed by atoms with Crippen molar-refractivity contribution in [3.63, 3.8) is 0 Å². The van der Waals surface area contributed by atoms with Crippen LogP contribution in [-0.4, -0.2) is 16.9 Å². The van der Waals surface area contributed by atoms with Crippen LogP contribution in [0, 0.1) is 5.82 Å². The Hall–Kier alpha value is -1.30. The molecule has 0 radical (unpaired) electrons. The molecule has 0 saturated heterocycles. The van der Waals surface area contributed by atoms with Crippen molar-refractivity contribution < 1.29 is 27.4 Å². The summed E-state index contributed by atoms with van der Waals surface area (Å²) in [6.45, 7) is 1.67. The molecule has 0 aromatic heterocycles. The first kappa shape index (κ1) is 15.1. The second-order valence-electron chi connectivity index (χ2n) is 5.42. The van der Waals surface area contributed by atoms with Crippen LogP contribution in [0.2, 0.25) is 0 Å². The predicted molar refractivity (Wildman–Crippen MR) is 64.9 cm³/mol. The zero-order valence-electron chi connectivity index (χ0n) is 11.0. The second kappa shape index (κ2) is 5.24. The molecule has 112 valence electrons. The number of ether oxygens (including phenoxy) is 1. The molecule has 0 bridgehead atoms. The Morgan fingerprint density at radius 3 is 2.75 bits per heavy atom. The molecule has 1 aromatic rings. The Bertz CT molecular complexity index is 487. The van der Waals surface area contributed by atoms with Gasteiger partial charge in [-0.1, -0.05) is 0 Å². The largest absolute Gasteiger partial charge is 0.487 e. The molecule has 1 aromatic carbocycles. The van der Waals surface area contributed by atoms with Crippen LogP contribution >= 0.6 is 0 Å². The second-order valence-corrected chi connectivity index (χ2v) is 5.42. The lowest BCUT2D eigenvalue weighted by atomic mass is 9.86. The van der Waals surface area contributed by atoms with E-state index in [2.05, 4.69) is 0 Å². The van der Waals surface area contributed by atoms with E-state index in [4.69, 9.17) is 4.74 Å². The summed E-state index contributed by atoms with van der Waals surface area (Å²) in [6.07, 6.45) is -5.72. The van der Waals surface area contributed by atoms with Gasteiger partial charge < -0.3 is 9.84 Å². The lowest BCUT2D eigenvalue weighted by Crippen LogP contribution is -2.38. The van der Waals surface area contributed by atoms with Crippen molar-refractivity contribution in [3.05, 3.63) is 29.6 Å². The van der Waals surface area contributed by atoms with Crippen LogP contribution in [0.5, 0.6) is 5.75 Å². The van der Waals surface area contributed by atoms with E-state index in [1.165, 1.54) is 18.2 Å². The van der Waals surface area contributed by atoms with E-state index in [9.17, 15) is 22.7 Å². The first-order valence-electron chi connectivity index (χ1n) is 6.42. The van der Waals surface area contributed by atoms with Crippen LogP contribution in [0.15, 0.2) is 18.2 Å². The highest BCUT2D eigenvalue weighted by Crippen LogP contribution is 2.42. The number of aliphatic hydroxyl groups is 1. The van der Waals surface area contributed by atoms with Gasteiger partial charge in [0, 0.05) is 18.4 Å². The molecular formula is C14H16F4O2. The van der Waals surface area contributed by atoms with E-state index in [-0.39, 0.29) is 19.3 Å². The van der Waals surface area contributed by atoms with Crippen LogP contribution in [0.1, 0.15) is 44.3 Å². The molecule has 6 heteroatoms. The molecule has 2 rings (SSSR count). The summed E-state index contributed by atoms with van der Waals surface area (Å²) in [5, 5.41) is 10.0. The van der Waals surface area contributed by atoms with Crippen molar-refractivity contribution >= 4 is 0 Å². The number of fused-ring (bicyclic) bond motifs is 1. The summed E-state index contributed by atoms with van der Waals surface area (Å²) in [6, 6.07) is 3.79. The molecule has 0 aliphatic carbocycles. The summed E-state index contributed by atoms with van der Waals surface area (Å²) < 4.78 is 55.3. The average molecular weight is 292 g/mol. The van der Waals surface area contributed by atoms with Gasteiger partial charge in [0.2, 0.25) is 0 Å². The summed E-state index contributed by atoms with van der Waals surface area (Å²) in [5.74, 6) is -0.147. The summed E-state index contributed by atoms with van der Waals surface area (Å²) in [7, 11) is 0. The van der Waals surface area contributed by atoms with Crippen LogP contribution in [0.25, 0.3) is 0 Å². The summed E-state index contributed by atoms with van der Waals surface area (Å²) in [5.41, 5.74) is -0.520. The number of alkyl halides is 3. The van der Waals surface area contributed by atoms with Crippen molar-refractivity contribution in [1.82, 2.24) is 0 Å². The number of hydrogen-bond donors (Lipinski definition) is 1. The number of benzene rings is 1. The molecule has 0 spiro atoms. The van der Waals surface area contributed by atoms with Gasteiger partial charge in [-0.3, -0.25) is 0 Å². The van der Waals surface area contributed by atoms with Crippen molar-refractivity contribution in [3.8, 4) is 5.75 Å². The van der Waals surface area contributed by atoms with Crippen molar-refractivity contribution in [2.75, 3.05) is 0 Å². The third kappa shape index (κ3) is 3.62. The summed E-state index contributed by atoms with van der Waals surface area (Å²) >= 11 is 0. The third-order valence-electron chi connectivity index (χ3n) is 3.48. The minimum absolute atomic E-state index is 0.0662. The fourth-order valence-electron chi connectivity index (χ4n) is 2.51. The van der Waals surface area contributed by atoms with Gasteiger partial charge in [-0.15, -0.1) is 0 Å². The molecule has 2 atom stereocenters. The highest BCUT2D eigenvalue weighted by atomic mass is 19.4. The molecule has 1 aliphatic rings. The normalized spacial score (nSPS) is 26.0. The molecule has 2 nitrogen and oxygen atoms in total. The fraction of sp³-hybridized carbons (Fsp3) is 0.571. The number of halogens is 4. The van der Waals surface area contributed by atoms with Gasteiger partial charge in [0.05, 0.1) is 6.10 Å². The van der Waals surface area contributed by atoms with Crippen molar-refractivity contribution in [1.29, 1.82) is 0 Å². The van der Waals surface area contributed by atoms with E-state index in [0.717, 1.165) is 0 Å². The molecule has 0 fully saturated rings. The monoisotopic (exact) mass is 292 g/mol. The van der Waals surface area contributed by atoms with E-state index in [1.807, 2.05) is 0 Å². The Morgan fingerprint density at radius 1 is 1.40 bits per heavy atom. The predicted octanol–water partition coefficient (Wildman–Crippen LogP) is 4.13. The topological polar surface area (TPSA) is 29.5 Å². The van der Waals surface area contributed by atoms with Gasteiger partial charge in [0.15, 0.2) is 0 Å². The number of hydrogen-bond acceptors (Lipinski definition) is 2. The molecule has 20 heavy (non-hydrogen) atoms. The average Bonchev–Trinajstić information content (AvgIpc) is 2.28. The molecule has 0 saturated carbocycles. The maximum absolute atomic E-state index is 13.1.